The van der Waals surface area contributed by atoms with Gasteiger partial charge in [0, 0.05) is 11.9 Å². The zero-order chi connectivity index (χ0) is 18.0. The predicted octanol–water partition coefficient (Wildman–Crippen LogP) is 2.69. The monoisotopic (exact) mass is 378 g/mol. The minimum atomic E-state index is -0.408. The van der Waals surface area contributed by atoms with E-state index < -0.39 is 6.03 Å². The fraction of sp³-hybridized carbons (Fsp3) is 0.125. The topological polar surface area (TPSA) is 91.4 Å². The van der Waals surface area contributed by atoms with Gasteiger partial charge < -0.3 is 10.6 Å². The molecule has 1 aromatic heterocycles. The lowest BCUT2D eigenvalue weighted by atomic mass is 10.2. The molecular weight excluding hydrogens is 367 g/mol. The molecule has 7 nitrogen and oxygen atoms in total. The van der Waals surface area contributed by atoms with E-state index in [-0.39, 0.29) is 40.6 Å². The second-order valence-corrected chi connectivity index (χ2v) is 6.05. The zero-order valence-electron chi connectivity index (χ0n) is 12.8. The maximum Gasteiger partial charge on any atom is 0.324 e. The molecule has 0 unspecified atom stereocenters. The summed E-state index contributed by atoms with van der Waals surface area (Å²) in [5, 5.41) is 5.48. The van der Waals surface area contributed by atoms with Crippen molar-refractivity contribution in [3.8, 4) is 0 Å². The number of amides is 4. The smallest absolute Gasteiger partial charge is 0.324 e. The van der Waals surface area contributed by atoms with E-state index in [4.69, 9.17) is 23.2 Å². The third-order valence-corrected chi connectivity index (χ3v) is 4.23. The maximum atomic E-state index is 12.2. The Morgan fingerprint density at radius 3 is 2.56 bits per heavy atom. The van der Waals surface area contributed by atoms with Crippen LogP contribution in [0.4, 0.5) is 10.5 Å². The van der Waals surface area contributed by atoms with Crippen LogP contribution in [0.15, 0.2) is 36.5 Å². The molecule has 0 aliphatic carbocycles. The number of halogens is 2. The first kappa shape index (κ1) is 17.2. The summed E-state index contributed by atoms with van der Waals surface area (Å²) < 4.78 is 0. The highest BCUT2D eigenvalue weighted by molar-refractivity contribution is 6.41. The molecule has 1 aromatic carbocycles. The summed E-state index contributed by atoms with van der Waals surface area (Å²) in [5.41, 5.74) is 1.59. The molecule has 25 heavy (non-hydrogen) atoms. The summed E-state index contributed by atoms with van der Waals surface area (Å²) in [7, 11) is 0. The molecule has 0 saturated carbocycles. The number of nitrogens with one attached hydrogen (secondary N) is 2. The number of nitrogens with zero attached hydrogens (tertiary/aromatic N) is 2. The normalized spacial score (nSPS) is 13.8. The number of imide groups is 1. The third kappa shape index (κ3) is 3.89. The first-order valence-corrected chi connectivity index (χ1v) is 7.99. The van der Waals surface area contributed by atoms with E-state index in [1.165, 1.54) is 12.3 Å². The summed E-state index contributed by atoms with van der Waals surface area (Å²) in [6.07, 6.45) is 1.33. The summed E-state index contributed by atoms with van der Waals surface area (Å²) in [6, 6.07) is 7.82. The molecule has 0 atom stereocenters. The van der Waals surface area contributed by atoms with Crippen LogP contribution in [0, 0.1) is 0 Å². The van der Waals surface area contributed by atoms with Gasteiger partial charge in [-0.1, -0.05) is 35.3 Å². The molecule has 2 N–H and O–H groups in total. The molecule has 1 fully saturated rings. The lowest BCUT2D eigenvalue weighted by molar-refractivity contribution is -0.125. The number of pyridine rings is 1. The Bertz CT molecular complexity index is 839. The quantitative estimate of drug-likeness (QED) is 0.631. The van der Waals surface area contributed by atoms with Gasteiger partial charge in [0.2, 0.25) is 5.91 Å². The Morgan fingerprint density at radius 1 is 1.24 bits per heavy atom. The Kier molecular flexibility index (Phi) is 4.87. The molecule has 9 heteroatoms. The Hall–Kier alpha value is -2.64. The number of anilines is 1. The number of benzene rings is 1. The van der Waals surface area contributed by atoms with Crippen LogP contribution in [0.1, 0.15) is 15.9 Å². The molecule has 1 aliphatic heterocycles. The minimum Gasteiger partial charge on any atom is -0.329 e. The molecule has 4 amide bonds. The second-order valence-electron chi connectivity index (χ2n) is 5.29. The molecule has 3 rings (SSSR count). The van der Waals surface area contributed by atoms with Crippen molar-refractivity contribution in [2.45, 2.75) is 6.54 Å². The van der Waals surface area contributed by atoms with Crippen molar-refractivity contribution >= 4 is 46.7 Å². The summed E-state index contributed by atoms with van der Waals surface area (Å²) in [5.74, 6) is -0.651. The van der Waals surface area contributed by atoms with Crippen molar-refractivity contribution in [2.75, 3.05) is 11.9 Å². The van der Waals surface area contributed by atoms with Crippen LogP contribution < -0.4 is 10.6 Å². The van der Waals surface area contributed by atoms with Gasteiger partial charge in [0.1, 0.15) is 5.15 Å². The van der Waals surface area contributed by atoms with Crippen LogP contribution in [0.25, 0.3) is 0 Å². The zero-order valence-corrected chi connectivity index (χ0v) is 14.3. The van der Waals surface area contributed by atoms with Gasteiger partial charge in [0.25, 0.3) is 5.91 Å². The summed E-state index contributed by atoms with van der Waals surface area (Å²) in [6.45, 7) is 0.195. The minimum absolute atomic E-state index is 0.0185. The average molecular weight is 379 g/mol. The fourth-order valence-corrected chi connectivity index (χ4v) is 2.51. The molecule has 128 valence electrons. The number of rotatable bonds is 4. The lowest BCUT2D eigenvalue weighted by Crippen LogP contribution is -2.30. The average Bonchev–Trinajstić information content (AvgIpc) is 2.91. The van der Waals surface area contributed by atoms with Crippen LogP contribution in [0.3, 0.4) is 0 Å². The Labute approximate surface area is 152 Å². The molecule has 0 spiro atoms. The van der Waals surface area contributed by atoms with Crippen LogP contribution in [0.2, 0.25) is 10.2 Å². The van der Waals surface area contributed by atoms with Crippen LogP contribution in [0.5, 0.6) is 0 Å². The predicted molar refractivity (Wildman–Crippen MR) is 92.6 cm³/mol. The Balaban J connectivity index is 1.66. The van der Waals surface area contributed by atoms with E-state index in [9.17, 15) is 14.4 Å². The molecular formula is C16H12Cl2N4O3. The maximum absolute atomic E-state index is 12.2. The number of aromatic nitrogens is 1. The van der Waals surface area contributed by atoms with Crippen molar-refractivity contribution in [1.82, 2.24) is 15.2 Å². The molecule has 2 heterocycles. The molecule has 1 aliphatic rings. The van der Waals surface area contributed by atoms with E-state index in [1.807, 2.05) is 0 Å². The van der Waals surface area contributed by atoms with E-state index in [1.54, 1.807) is 24.3 Å². The van der Waals surface area contributed by atoms with Crippen LogP contribution in [-0.4, -0.2) is 34.3 Å². The largest absolute Gasteiger partial charge is 0.329 e. The van der Waals surface area contributed by atoms with Crippen molar-refractivity contribution < 1.29 is 14.4 Å². The van der Waals surface area contributed by atoms with Crippen molar-refractivity contribution in [3.63, 3.8) is 0 Å². The second kappa shape index (κ2) is 7.08. The number of urea groups is 1. The first-order valence-electron chi connectivity index (χ1n) is 7.23. The molecule has 0 bridgehead atoms. The van der Waals surface area contributed by atoms with Gasteiger partial charge in [-0.25, -0.2) is 9.78 Å². The van der Waals surface area contributed by atoms with Gasteiger partial charge in [-0.3, -0.25) is 14.5 Å². The van der Waals surface area contributed by atoms with Gasteiger partial charge in [-0.15, -0.1) is 0 Å². The third-order valence-electron chi connectivity index (χ3n) is 3.55. The number of hydrogen-bond donors (Lipinski definition) is 2. The van der Waals surface area contributed by atoms with Crippen molar-refractivity contribution in [2.24, 2.45) is 0 Å². The van der Waals surface area contributed by atoms with Gasteiger partial charge in [-0.05, 0) is 23.8 Å². The highest BCUT2D eigenvalue weighted by Gasteiger charge is 2.28. The number of carbonyl (C=O) groups excluding carboxylic acids is 3. The van der Waals surface area contributed by atoms with Gasteiger partial charge in [0.05, 0.1) is 23.7 Å². The summed E-state index contributed by atoms with van der Waals surface area (Å²) >= 11 is 11.6. The molecule has 0 radical (unpaired) electrons. The van der Waals surface area contributed by atoms with Crippen molar-refractivity contribution in [1.29, 1.82) is 0 Å². The standard InChI is InChI=1S/C16H12Cl2N4O3/c17-12-5-10(6-19-14(12)18)15(24)21-11-3-1-9(2-4-11)8-22-13(23)7-20-16(22)25/h1-6H,7-8H2,(H,20,25)(H,21,24). The SMILES string of the molecule is O=C(Nc1ccc(CN2C(=O)CNC2=O)cc1)c1cnc(Cl)c(Cl)c1. The van der Waals surface area contributed by atoms with Gasteiger partial charge in [0.15, 0.2) is 0 Å². The van der Waals surface area contributed by atoms with E-state index >= 15 is 0 Å². The van der Waals surface area contributed by atoms with E-state index in [0.717, 1.165) is 10.5 Å². The molecule has 1 saturated heterocycles. The molecule has 2 aromatic rings. The van der Waals surface area contributed by atoms with E-state index in [2.05, 4.69) is 15.6 Å². The summed E-state index contributed by atoms with van der Waals surface area (Å²) in [4.78, 5) is 40.2. The highest BCUT2D eigenvalue weighted by Crippen LogP contribution is 2.20. The highest BCUT2D eigenvalue weighted by atomic mass is 35.5. The number of carbonyl (C=O) groups is 3. The lowest BCUT2D eigenvalue weighted by Gasteiger charge is -2.13. The van der Waals surface area contributed by atoms with Crippen molar-refractivity contribution in [3.05, 3.63) is 57.8 Å². The van der Waals surface area contributed by atoms with Gasteiger partial charge >= 0.3 is 6.03 Å². The number of hydrogen-bond acceptors (Lipinski definition) is 4. The first-order chi connectivity index (χ1) is 11.9. The van der Waals surface area contributed by atoms with E-state index in [0.29, 0.717) is 5.69 Å². The Morgan fingerprint density at radius 2 is 1.96 bits per heavy atom. The fourth-order valence-electron chi connectivity index (χ4n) is 2.24. The van der Waals surface area contributed by atoms with Crippen LogP contribution >= 0.6 is 23.2 Å². The van der Waals surface area contributed by atoms with Gasteiger partial charge in [-0.2, -0.15) is 0 Å². The van der Waals surface area contributed by atoms with Crippen LogP contribution in [-0.2, 0) is 11.3 Å².